The molecule has 1 N–H and O–H groups in total. The van der Waals surface area contributed by atoms with Crippen molar-refractivity contribution >= 4 is 33.6 Å². The van der Waals surface area contributed by atoms with Gasteiger partial charge < -0.3 is 10.0 Å². The molecule has 0 aliphatic carbocycles. The monoisotopic (exact) mass is 345 g/mol. The number of hydrogen-bond acceptors (Lipinski definition) is 3. The molecule has 1 amide bonds. The number of benzene rings is 1. The molecule has 1 aromatic rings. The van der Waals surface area contributed by atoms with Gasteiger partial charge in [0.2, 0.25) is 5.91 Å². The van der Waals surface area contributed by atoms with E-state index in [0.717, 1.165) is 15.1 Å². The van der Waals surface area contributed by atoms with E-state index in [1.807, 2.05) is 24.3 Å². The molecular formula is C14H20BrNO2S. The Balaban J connectivity index is 2.32. The van der Waals surface area contributed by atoms with Crippen molar-refractivity contribution in [3.63, 3.8) is 0 Å². The number of nitrogens with zero attached hydrogens (tertiary/aromatic N) is 1. The van der Waals surface area contributed by atoms with Crippen molar-refractivity contribution in [3.05, 3.63) is 28.7 Å². The van der Waals surface area contributed by atoms with E-state index in [-0.39, 0.29) is 5.91 Å². The van der Waals surface area contributed by atoms with E-state index in [2.05, 4.69) is 15.9 Å². The Morgan fingerprint density at radius 1 is 1.37 bits per heavy atom. The van der Waals surface area contributed by atoms with E-state index in [1.165, 1.54) is 0 Å². The van der Waals surface area contributed by atoms with Crippen molar-refractivity contribution in [2.45, 2.75) is 30.8 Å². The summed E-state index contributed by atoms with van der Waals surface area (Å²) in [5.74, 6) is 0.808. The molecule has 0 saturated heterocycles. The number of carbonyl (C=O) groups is 1. The normalized spacial score (nSPS) is 11.4. The van der Waals surface area contributed by atoms with Crippen LogP contribution < -0.4 is 0 Å². The Morgan fingerprint density at radius 3 is 2.47 bits per heavy atom. The Kier molecular flexibility index (Phi) is 6.36. The zero-order chi connectivity index (χ0) is 14.5. The lowest BCUT2D eigenvalue weighted by Crippen LogP contribution is -2.39. The Bertz CT molecular complexity index is 414. The summed E-state index contributed by atoms with van der Waals surface area (Å²) in [4.78, 5) is 14.6. The number of likely N-dealkylation sites (N-methyl/N-ethyl adjacent to an activating group) is 1. The predicted molar refractivity (Wildman–Crippen MR) is 83.4 cm³/mol. The second-order valence-corrected chi connectivity index (χ2v) is 7.20. The number of thioether (sulfide) groups is 1. The zero-order valence-corrected chi connectivity index (χ0v) is 13.9. The first-order valence-electron chi connectivity index (χ1n) is 6.13. The van der Waals surface area contributed by atoms with Crippen LogP contribution in [0.2, 0.25) is 0 Å². The first-order chi connectivity index (χ1) is 8.78. The van der Waals surface area contributed by atoms with Crippen molar-refractivity contribution in [1.29, 1.82) is 0 Å². The van der Waals surface area contributed by atoms with Crippen LogP contribution >= 0.6 is 27.7 Å². The number of carbonyl (C=O) groups excluding carboxylic acids is 1. The van der Waals surface area contributed by atoms with Gasteiger partial charge in [0.25, 0.3) is 0 Å². The van der Waals surface area contributed by atoms with Crippen molar-refractivity contribution in [3.8, 4) is 0 Å². The third-order valence-electron chi connectivity index (χ3n) is 2.45. The molecular weight excluding hydrogens is 326 g/mol. The second-order valence-electron chi connectivity index (χ2n) is 5.11. The van der Waals surface area contributed by atoms with Crippen molar-refractivity contribution in [2.24, 2.45) is 0 Å². The molecule has 0 bridgehead atoms. The number of halogens is 1. The maximum atomic E-state index is 11.9. The van der Waals surface area contributed by atoms with Crippen LogP contribution in [0.4, 0.5) is 0 Å². The summed E-state index contributed by atoms with van der Waals surface area (Å²) >= 11 is 5.05. The highest BCUT2D eigenvalue weighted by Gasteiger charge is 2.18. The minimum Gasteiger partial charge on any atom is -0.389 e. The smallest absolute Gasteiger partial charge is 0.223 e. The van der Waals surface area contributed by atoms with Crippen LogP contribution in [0, 0.1) is 0 Å². The van der Waals surface area contributed by atoms with Crippen LogP contribution in [0.5, 0.6) is 0 Å². The molecule has 1 rings (SSSR count). The highest BCUT2D eigenvalue weighted by atomic mass is 79.9. The molecule has 5 heteroatoms. The highest BCUT2D eigenvalue weighted by Crippen LogP contribution is 2.21. The molecule has 3 nitrogen and oxygen atoms in total. The molecule has 0 atom stereocenters. The van der Waals surface area contributed by atoms with Gasteiger partial charge in [0.1, 0.15) is 0 Å². The third kappa shape index (κ3) is 6.99. The van der Waals surface area contributed by atoms with Crippen LogP contribution in [-0.2, 0) is 4.79 Å². The van der Waals surface area contributed by atoms with Gasteiger partial charge in [0.15, 0.2) is 0 Å². The summed E-state index contributed by atoms with van der Waals surface area (Å²) in [6.07, 6.45) is 0.479. The lowest BCUT2D eigenvalue weighted by Gasteiger charge is -2.25. The fourth-order valence-electron chi connectivity index (χ4n) is 1.65. The summed E-state index contributed by atoms with van der Waals surface area (Å²) in [5.41, 5.74) is -0.844. The van der Waals surface area contributed by atoms with Crippen molar-refractivity contribution in [1.82, 2.24) is 4.90 Å². The largest absolute Gasteiger partial charge is 0.389 e. The Morgan fingerprint density at radius 2 is 1.95 bits per heavy atom. The van der Waals surface area contributed by atoms with Gasteiger partial charge >= 0.3 is 0 Å². The molecule has 19 heavy (non-hydrogen) atoms. The minimum absolute atomic E-state index is 0.0618. The fourth-order valence-corrected chi connectivity index (χ4v) is 2.75. The van der Waals surface area contributed by atoms with Gasteiger partial charge in [-0.05, 0) is 38.1 Å². The van der Waals surface area contributed by atoms with E-state index in [0.29, 0.717) is 13.0 Å². The number of aliphatic hydroxyl groups is 1. The van der Waals surface area contributed by atoms with Gasteiger partial charge in [0.05, 0.1) is 5.60 Å². The van der Waals surface area contributed by atoms with E-state index in [4.69, 9.17) is 0 Å². The topological polar surface area (TPSA) is 40.5 Å². The average molecular weight is 346 g/mol. The minimum atomic E-state index is -0.844. The van der Waals surface area contributed by atoms with E-state index >= 15 is 0 Å². The van der Waals surface area contributed by atoms with Crippen LogP contribution in [0.25, 0.3) is 0 Å². The van der Waals surface area contributed by atoms with Gasteiger partial charge in [-0.2, -0.15) is 0 Å². The zero-order valence-electron chi connectivity index (χ0n) is 11.5. The van der Waals surface area contributed by atoms with Crippen LogP contribution in [0.3, 0.4) is 0 Å². The van der Waals surface area contributed by atoms with Gasteiger partial charge in [-0.1, -0.05) is 15.9 Å². The van der Waals surface area contributed by atoms with E-state index in [9.17, 15) is 9.90 Å². The highest BCUT2D eigenvalue weighted by molar-refractivity contribution is 9.10. The first kappa shape index (κ1) is 16.5. The summed E-state index contributed by atoms with van der Waals surface area (Å²) in [6, 6.07) is 8.04. The molecule has 0 aliphatic rings. The summed E-state index contributed by atoms with van der Waals surface area (Å²) in [7, 11) is 1.73. The fraction of sp³-hybridized carbons (Fsp3) is 0.500. The van der Waals surface area contributed by atoms with Crippen LogP contribution in [-0.4, -0.2) is 40.9 Å². The molecule has 0 radical (unpaired) electrons. The second kappa shape index (κ2) is 7.31. The summed E-state index contributed by atoms with van der Waals surface area (Å²) < 4.78 is 1.05. The molecule has 0 saturated carbocycles. The van der Waals surface area contributed by atoms with Gasteiger partial charge in [0, 0.05) is 35.1 Å². The molecule has 0 aliphatic heterocycles. The lowest BCUT2D eigenvalue weighted by molar-refractivity contribution is -0.132. The molecule has 0 fully saturated rings. The average Bonchev–Trinajstić information content (AvgIpc) is 2.29. The maximum absolute atomic E-state index is 11.9. The SMILES string of the molecule is CN(CC(C)(C)O)C(=O)CCSc1ccc(Br)cc1. The Labute approximate surface area is 127 Å². The van der Waals surface area contributed by atoms with Crippen molar-refractivity contribution in [2.75, 3.05) is 19.3 Å². The molecule has 1 aromatic carbocycles. The molecule has 0 aromatic heterocycles. The number of rotatable bonds is 6. The van der Waals surface area contributed by atoms with Crippen LogP contribution in [0.1, 0.15) is 20.3 Å². The van der Waals surface area contributed by atoms with E-state index < -0.39 is 5.60 Å². The molecule has 0 unspecified atom stereocenters. The predicted octanol–water partition coefficient (Wildman–Crippen LogP) is 3.16. The van der Waals surface area contributed by atoms with Gasteiger partial charge in [-0.3, -0.25) is 4.79 Å². The third-order valence-corrected chi connectivity index (χ3v) is 3.99. The summed E-state index contributed by atoms with van der Waals surface area (Å²) in [5, 5.41) is 9.66. The van der Waals surface area contributed by atoms with Gasteiger partial charge in [-0.15, -0.1) is 11.8 Å². The lowest BCUT2D eigenvalue weighted by atomic mass is 10.1. The maximum Gasteiger partial charge on any atom is 0.223 e. The standard InChI is InChI=1S/C14H20BrNO2S/c1-14(2,18)10-16(3)13(17)8-9-19-12-6-4-11(15)5-7-12/h4-7,18H,8-10H2,1-3H3. The number of hydrogen-bond donors (Lipinski definition) is 1. The van der Waals surface area contributed by atoms with Gasteiger partial charge in [-0.25, -0.2) is 0 Å². The molecule has 106 valence electrons. The summed E-state index contributed by atoms with van der Waals surface area (Å²) in [6.45, 7) is 3.76. The molecule has 0 spiro atoms. The van der Waals surface area contributed by atoms with E-state index in [1.54, 1.807) is 37.6 Å². The van der Waals surface area contributed by atoms with Crippen LogP contribution in [0.15, 0.2) is 33.6 Å². The van der Waals surface area contributed by atoms with Crippen molar-refractivity contribution < 1.29 is 9.90 Å². The first-order valence-corrected chi connectivity index (χ1v) is 7.90. The molecule has 0 heterocycles. The number of amides is 1. The quantitative estimate of drug-likeness (QED) is 0.805. The Hall–Kier alpha value is -0.520.